The van der Waals surface area contributed by atoms with Crippen LogP contribution in [0.15, 0.2) is 54.6 Å². The standard InChI is InChI=1S/C33H44N4O4/c1-21-28(30(23(3)38)37(36-21)22(2)24-13-9-7-10-14-24)25-17-19-27(20-18-25)34-31(39)29(26-15-11-8-12-16-26)35-32(40)41-33(4,5)6/h7,9-10,13-14,17-20,22-23,26,29,38H,8,11-12,15-16H2,1-6H3,(H,34,39)(H,35,40)/t22-,23?,29+/m1/s1. The Morgan fingerprint density at radius 3 is 2.22 bits per heavy atom. The van der Waals surface area contributed by atoms with Crippen molar-refractivity contribution in [3.05, 3.63) is 71.5 Å². The number of amides is 2. The van der Waals surface area contributed by atoms with Crippen molar-refractivity contribution in [3.8, 4) is 11.1 Å². The van der Waals surface area contributed by atoms with Crippen molar-refractivity contribution >= 4 is 17.7 Å². The molecule has 1 heterocycles. The van der Waals surface area contributed by atoms with E-state index in [4.69, 9.17) is 9.84 Å². The Morgan fingerprint density at radius 2 is 1.63 bits per heavy atom. The lowest BCUT2D eigenvalue weighted by molar-refractivity contribution is -0.119. The van der Waals surface area contributed by atoms with E-state index in [1.165, 1.54) is 0 Å². The number of aliphatic hydroxyl groups excluding tert-OH is 1. The van der Waals surface area contributed by atoms with E-state index in [2.05, 4.69) is 29.7 Å². The van der Waals surface area contributed by atoms with Crippen LogP contribution in [0.4, 0.5) is 10.5 Å². The summed E-state index contributed by atoms with van der Waals surface area (Å²) in [6, 6.07) is 16.9. The van der Waals surface area contributed by atoms with Crippen molar-refractivity contribution < 1.29 is 19.4 Å². The average molecular weight is 561 g/mol. The van der Waals surface area contributed by atoms with E-state index in [0.29, 0.717) is 5.69 Å². The molecule has 2 amide bonds. The minimum absolute atomic E-state index is 0.0546. The van der Waals surface area contributed by atoms with Crippen molar-refractivity contribution in [1.82, 2.24) is 15.1 Å². The maximum atomic E-state index is 13.5. The number of carbonyl (C=O) groups is 2. The van der Waals surface area contributed by atoms with Crippen LogP contribution in [0, 0.1) is 12.8 Å². The van der Waals surface area contributed by atoms with Gasteiger partial charge in [-0.25, -0.2) is 4.79 Å². The van der Waals surface area contributed by atoms with Crippen molar-refractivity contribution in [3.63, 3.8) is 0 Å². The van der Waals surface area contributed by atoms with Gasteiger partial charge >= 0.3 is 6.09 Å². The van der Waals surface area contributed by atoms with Gasteiger partial charge < -0.3 is 20.5 Å². The lowest BCUT2D eigenvalue weighted by Gasteiger charge is -2.31. The first-order valence-corrected chi connectivity index (χ1v) is 14.7. The fourth-order valence-corrected chi connectivity index (χ4v) is 5.73. The van der Waals surface area contributed by atoms with Crippen molar-refractivity contribution in [2.45, 2.75) is 97.4 Å². The Kier molecular flexibility index (Phi) is 9.53. The van der Waals surface area contributed by atoms with Gasteiger partial charge in [0.15, 0.2) is 0 Å². The summed E-state index contributed by atoms with van der Waals surface area (Å²) in [5, 5.41) is 21.5. The summed E-state index contributed by atoms with van der Waals surface area (Å²) < 4.78 is 7.35. The van der Waals surface area contributed by atoms with Gasteiger partial charge in [0, 0.05) is 11.3 Å². The highest BCUT2D eigenvalue weighted by molar-refractivity contribution is 5.97. The van der Waals surface area contributed by atoms with Crippen LogP contribution in [0.25, 0.3) is 11.1 Å². The Morgan fingerprint density at radius 1 is 1.00 bits per heavy atom. The highest BCUT2D eigenvalue weighted by atomic mass is 16.6. The van der Waals surface area contributed by atoms with Crippen molar-refractivity contribution in [1.29, 1.82) is 0 Å². The summed E-state index contributed by atoms with van der Waals surface area (Å²) in [6.07, 6.45) is 3.70. The zero-order valence-corrected chi connectivity index (χ0v) is 25.1. The summed E-state index contributed by atoms with van der Waals surface area (Å²) in [5.74, 6) is -0.190. The van der Waals surface area contributed by atoms with Gasteiger partial charge in [0.05, 0.1) is 23.5 Å². The van der Waals surface area contributed by atoms with Gasteiger partial charge in [-0.15, -0.1) is 0 Å². The van der Waals surface area contributed by atoms with E-state index in [9.17, 15) is 14.7 Å². The lowest BCUT2D eigenvalue weighted by Crippen LogP contribution is -2.50. The lowest BCUT2D eigenvalue weighted by atomic mass is 9.83. The first-order chi connectivity index (χ1) is 19.4. The average Bonchev–Trinajstić information content (AvgIpc) is 3.29. The smallest absolute Gasteiger partial charge is 0.408 e. The van der Waals surface area contributed by atoms with Crippen LogP contribution in [0.1, 0.15) is 95.8 Å². The fraction of sp³-hybridized carbons (Fsp3) is 0.485. The number of hydrogen-bond donors (Lipinski definition) is 3. The molecule has 1 unspecified atom stereocenters. The van der Waals surface area contributed by atoms with Gasteiger partial charge in [0.1, 0.15) is 11.6 Å². The van der Waals surface area contributed by atoms with Gasteiger partial charge in [-0.1, -0.05) is 61.7 Å². The molecule has 0 spiro atoms. The van der Waals surface area contributed by atoms with Crippen LogP contribution in [0.2, 0.25) is 0 Å². The molecule has 3 aromatic rings. The zero-order valence-electron chi connectivity index (χ0n) is 25.1. The quantitative estimate of drug-likeness (QED) is 0.277. The molecule has 3 N–H and O–H groups in total. The molecular weight excluding hydrogens is 516 g/mol. The first-order valence-electron chi connectivity index (χ1n) is 14.7. The molecule has 41 heavy (non-hydrogen) atoms. The van der Waals surface area contributed by atoms with Gasteiger partial charge in [0.2, 0.25) is 5.91 Å². The molecule has 1 aliphatic rings. The Labute approximate surface area is 243 Å². The topological polar surface area (TPSA) is 105 Å². The third-order valence-corrected chi connectivity index (χ3v) is 7.68. The summed E-state index contributed by atoms with van der Waals surface area (Å²) in [7, 11) is 0. The Balaban J connectivity index is 1.55. The van der Waals surface area contributed by atoms with Crippen molar-refractivity contribution in [2.24, 2.45) is 5.92 Å². The number of rotatable bonds is 8. The molecule has 1 aliphatic carbocycles. The number of aryl methyl sites for hydroxylation is 1. The highest BCUT2D eigenvalue weighted by Gasteiger charge is 2.32. The molecule has 0 bridgehead atoms. The monoisotopic (exact) mass is 560 g/mol. The van der Waals surface area contributed by atoms with Crippen LogP contribution >= 0.6 is 0 Å². The number of anilines is 1. The molecule has 220 valence electrons. The van der Waals surface area contributed by atoms with Gasteiger partial charge in [-0.3, -0.25) is 9.48 Å². The van der Waals surface area contributed by atoms with E-state index in [-0.39, 0.29) is 17.9 Å². The second-order valence-electron chi connectivity index (χ2n) is 12.1. The molecule has 8 nitrogen and oxygen atoms in total. The van der Waals surface area contributed by atoms with Gasteiger partial charge in [0.25, 0.3) is 0 Å². The maximum Gasteiger partial charge on any atom is 0.408 e. The molecule has 1 aromatic heterocycles. The Hall–Kier alpha value is -3.65. The van der Waals surface area contributed by atoms with Crippen LogP contribution in [0.3, 0.4) is 0 Å². The maximum absolute atomic E-state index is 13.5. The molecule has 1 fully saturated rings. The van der Waals surface area contributed by atoms with E-state index in [1.807, 2.05) is 54.1 Å². The number of nitrogens with zero attached hydrogens (tertiary/aromatic N) is 2. The van der Waals surface area contributed by atoms with Gasteiger partial charge in [-0.2, -0.15) is 5.10 Å². The molecular formula is C33H44N4O4. The summed E-state index contributed by atoms with van der Waals surface area (Å²) in [5.41, 5.74) is 4.43. The van der Waals surface area contributed by atoms with Crippen LogP contribution in [-0.2, 0) is 9.53 Å². The van der Waals surface area contributed by atoms with E-state index in [1.54, 1.807) is 27.7 Å². The predicted octanol–water partition coefficient (Wildman–Crippen LogP) is 6.93. The van der Waals surface area contributed by atoms with E-state index >= 15 is 0 Å². The molecule has 0 aliphatic heterocycles. The second kappa shape index (κ2) is 12.9. The molecule has 0 radical (unpaired) electrons. The summed E-state index contributed by atoms with van der Waals surface area (Å²) >= 11 is 0. The number of alkyl carbamates (subject to hydrolysis) is 1. The van der Waals surface area contributed by atoms with E-state index in [0.717, 1.165) is 60.2 Å². The van der Waals surface area contributed by atoms with Gasteiger partial charge in [-0.05, 0) is 83.6 Å². The number of aliphatic hydroxyl groups is 1. The molecule has 1 saturated carbocycles. The molecule has 0 saturated heterocycles. The number of benzene rings is 2. The fourth-order valence-electron chi connectivity index (χ4n) is 5.73. The second-order valence-corrected chi connectivity index (χ2v) is 12.1. The molecule has 8 heteroatoms. The third kappa shape index (κ3) is 7.55. The number of hydrogen-bond acceptors (Lipinski definition) is 5. The number of nitrogens with one attached hydrogen (secondary N) is 2. The number of ether oxygens (including phenoxy) is 1. The Bertz CT molecular complexity index is 1320. The number of aromatic nitrogens is 2. The summed E-state index contributed by atoms with van der Waals surface area (Å²) in [6.45, 7) is 11.2. The van der Waals surface area contributed by atoms with E-state index < -0.39 is 23.8 Å². The van der Waals surface area contributed by atoms with Crippen LogP contribution in [0.5, 0.6) is 0 Å². The molecule has 2 aromatic carbocycles. The van der Waals surface area contributed by atoms with Crippen LogP contribution in [-0.4, -0.2) is 38.5 Å². The first kappa shape index (κ1) is 30.3. The predicted molar refractivity (Wildman–Crippen MR) is 162 cm³/mol. The summed E-state index contributed by atoms with van der Waals surface area (Å²) in [4.78, 5) is 26.0. The van der Waals surface area contributed by atoms with Crippen LogP contribution < -0.4 is 10.6 Å². The van der Waals surface area contributed by atoms with Crippen molar-refractivity contribution in [2.75, 3.05) is 5.32 Å². The minimum Gasteiger partial charge on any atom is -0.444 e. The minimum atomic E-state index is -0.730. The molecule has 3 atom stereocenters. The highest BCUT2D eigenvalue weighted by Crippen LogP contribution is 2.35. The third-order valence-electron chi connectivity index (χ3n) is 7.68. The zero-order chi connectivity index (χ0) is 29.7. The molecule has 4 rings (SSSR count). The number of carbonyl (C=O) groups excluding carboxylic acids is 2. The largest absolute Gasteiger partial charge is 0.444 e. The SMILES string of the molecule is Cc1nn([C@H](C)c2ccccc2)c(C(C)O)c1-c1ccc(NC(=O)[C@@H](NC(=O)OC(C)(C)C)C2CCCCC2)cc1. The normalized spacial score (nSPS) is 16.5.